The van der Waals surface area contributed by atoms with E-state index in [0.717, 1.165) is 19.1 Å². The Balaban J connectivity index is 1.79. The number of rotatable bonds is 7. The van der Waals surface area contributed by atoms with Gasteiger partial charge in [0.15, 0.2) is 9.84 Å². The first-order valence-electron chi connectivity index (χ1n) is 12.5. The van der Waals surface area contributed by atoms with Crippen molar-refractivity contribution in [2.24, 2.45) is 0 Å². The largest absolute Gasteiger partial charge is 0.451 e. The summed E-state index contributed by atoms with van der Waals surface area (Å²) >= 11 is 0. The van der Waals surface area contributed by atoms with E-state index >= 15 is 0 Å². The molecule has 39 heavy (non-hydrogen) atoms. The van der Waals surface area contributed by atoms with E-state index in [1.165, 1.54) is 29.2 Å². The highest BCUT2D eigenvalue weighted by atomic mass is 32.2. The Bertz CT molecular complexity index is 1410. The summed E-state index contributed by atoms with van der Waals surface area (Å²) in [6, 6.07) is 14.4. The monoisotopic (exact) mass is 562 g/mol. The maximum Gasteiger partial charge on any atom is 0.451 e. The lowest BCUT2D eigenvalue weighted by Crippen LogP contribution is -2.49. The van der Waals surface area contributed by atoms with Gasteiger partial charge in [-0.3, -0.25) is 0 Å². The first-order valence-corrected chi connectivity index (χ1v) is 14.4. The lowest BCUT2D eigenvalue weighted by atomic mass is 9.98. The van der Waals surface area contributed by atoms with E-state index in [9.17, 15) is 26.4 Å². The summed E-state index contributed by atoms with van der Waals surface area (Å²) < 4.78 is 71.2. The third-order valence-corrected chi connectivity index (χ3v) is 7.45. The highest BCUT2D eigenvalue weighted by molar-refractivity contribution is 7.90. The summed E-state index contributed by atoms with van der Waals surface area (Å²) in [6.45, 7) is 3.29. The van der Waals surface area contributed by atoms with Crippen LogP contribution in [-0.4, -0.2) is 68.4 Å². The first-order chi connectivity index (χ1) is 18.5. The number of halogens is 3. The van der Waals surface area contributed by atoms with Crippen molar-refractivity contribution in [2.75, 3.05) is 43.9 Å². The van der Waals surface area contributed by atoms with Gasteiger partial charge in [-0.15, -0.1) is 0 Å². The highest BCUT2D eigenvalue weighted by Gasteiger charge is 2.38. The molecule has 8 nitrogen and oxygen atoms in total. The van der Waals surface area contributed by atoms with Crippen molar-refractivity contribution < 1.29 is 31.1 Å². The molecule has 1 aliphatic heterocycles. The van der Waals surface area contributed by atoms with Crippen LogP contribution in [0.3, 0.4) is 0 Å². The minimum atomic E-state index is -4.82. The minimum Gasteiger partial charge on any atom is -0.449 e. The number of aromatic nitrogens is 2. The lowest BCUT2D eigenvalue weighted by Gasteiger charge is -2.36. The van der Waals surface area contributed by atoms with Crippen LogP contribution < -0.4 is 4.90 Å². The van der Waals surface area contributed by atoms with Crippen molar-refractivity contribution in [1.82, 2.24) is 14.9 Å². The van der Waals surface area contributed by atoms with Crippen LogP contribution in [0, 0.1) is 0 Å². The molecule has 3 aromatic rings. The van der Waals surface area contributed by atoms with Gasteiger partial charge in [0.25, 0.3) is 0 Å². The second-order valence-electron chi connectivity index (χ2n) is 9.20. The molecule has 0 spiro atoms. The fraction of sp³-hybridized carbons (Fsp3) is 0.370. The summed E-state index contributed by atoms with van der Waals surface area (Å²) in [5, 5.41) is 0. The highest BCUT2D eigenvalue weighted by Crippen LogP contribution is 2.40. The topological polar surface area (TPSA) is 92.7 Å². The Labute approximate surface area is 225 Å². The number of amides is 1. The van der Waals surface area contributed by atoms with Crippen LogP contribution >= 0.6 is 0 Å². The third-order valence-electron chi connectivity index (χ3n) is 6.32. The number of ether oxygens (including phenoxy) is 1. The molecule has 1 aromatic heterocycles. The zero-order valence-corrected chi connectivity index (χ0v) is 22.4. The predicted molar refractivity (Wildman–Crippen MR) is 141 cm³/mol. The molecule has 0 radical (unpaired) electrons. The van der Waals surface area contributed by atoms with Crippen LogP contribution in [0.4, 0.5) is 23.8 Å². The molecule has 12 heteroatoms. The van der Waals surface area contributed by atoms with Crippen LogP contribution in [0.5, 0.6) is 0 Å². The molecule has 0 unspecified atom stereocenters. The summed E-state index contributed by atoms with van der Waals surface area (Å²) in [5.41, 5.74) is 1.33. The number of alkyl halides is 3. The zero-order valence-electron chi connectivity index (χ0n) is 21.6. The molecule has 0 N–H and O–H groups in total. The van der Waals surface area contributed by atoms with Crippen molar-refractivity contribution in [3.8, 4) is 22.4 Å². The quantitative estimate of drug-likeness (QED) is 0.361. The van der Waals surface area contributed by atoms with E-state index in [0.29, 0.717) is 23.3 Å². The number of anilines is 1. The van der Waals surface area contributed by atoms with Gasteiger partial charge in [-0.1, -0.05) is 55.8 Å². The van der Waals surface area contributed by atoms with Gasteiger partial charge in [0.05, 0.1) is 22.8 Å². The van der Waals surface area contributed by atoms with Crippen LogP contribution in [0.2, 0.25) is 0 Å². The summed E-state index contributed by atoms with van der Waals surface area (Å²) in [5.74, 6) is -1.22. The minimum absolute atomic E-state index is 0.0278. The van der Waals surface area contributed by atoms with Gasteiger partial charge in [-0.25, -0.2) is 23.2 Å². The third kappa shape index (κ3) is 6.67. The smallest absolute Gasteiger partial charge is 0.449 e. The van der Waals surface area contributed by atoms with E-state index in [2.05, 4.69) is 9.97 Å². The Morgan fingerprint density at radius 3 is 2.15 bits per heavy atom. The average molecular weight is 563 g/mol. The number of carbonyl (C=O) groups excluding carboxylic acids is 1. The molecule has 0 aliphatic carbocycles. The number of hydrogen-bond donors (Lipinski definition) is 0. The van der Waals surface area contributed by atoms with Crippen LogP contribution in [-0.2, 0) is 20.8 Å². The van der Waals surface area contributed by atoms with Crippen LogP contribution in [0.1, 0.15) is 25.6 Å². The van der Waals surface area contributed by atoms with Crippen molar-refractivity contribution in [3.63, 3.8) is 0 Å². The number of carbonyl (C=O) groups is 1. The van der Waals surface area contributed by atoms with Crippen LogP contribution in [0.15, 0.2) is 59.5 Å². The van der Waals surface area contributed by atoms with E-state index in [1.807, 2.05) is 6.92 Å². The van der Waals surface area contributed by atoms with Crippen molar-refractivity contribution in [3.05, 3.63) is 60.4 Å². The molecular formula is C27H29F3N4O4S. The Hall–Kier alpha value is -3.67. The average Bonchev–Trinajstić information content (AvgIpc) is 2.92. The van der Waals surface area contributed by atoms with Gasteiger partial charge in [0.1, 0.15) is 5.82 Å². The molecular weight excluding hydrogens is 533 g/mol. The Morgan fingerprint density at radius 2 is 1.59 bits per heavy atom. The molecule has 208 valence electrons. The van der Waals surface area contributed by atoms with Gasteiger partial charge in [-0.05, 0) is 24.1 Å². The number of nitrogens with zero attached hydrogens (tertiary/aromatic N) is 4. The van der Waals surface area contributed by atoms with Crippen molar-refractivity contribution >= 4 is 21.7 Å². The predicted octanol–water partition coefficient (Wildman–Crippen LogP) is 5.29. The lowest BCUT2D eigenvalue weighted by molar-refractivity contribution is -0.144. The maximum absolute atomic E-state index is 14.0. The van der Waals surface area contributed by atoms with E-state index in [-0.39, 0.29) is 42.6 Å². The standard InChI is InChI=1S/C27H29F3N4O4S/c1-3-4-18-38-26(35)34-16-14-33(15-17-34)24-22(19-8-6-5-7-9-19)23(31-25(32-24)27(28,29)30)20-10-12-21(13-11-20)39(2,36)37/h5-13H,3-4,14-18H2,1-2H3. The fourth-order valence-corrected chi connectivity index (χ4v) is 4.87. The van der Waals surface area contributed by atoms with Gasteiger partial charge in [0, 0.05) is 38.0 Å². The SMILES string of the molecule is CCCCOC(=O)N1CCN(c2nc(C(F)(F)F)nc(-c3ccc(S(C)(=O)=O)cc3)c2-c2ccccc2)CC1. The number of hydrogen-bond acceptors (Lipinski definition) is 7. The number of piperazine rings is 1. The molecule has 0 saturated carbocycles. The molecule has 2 heterocycles. The summed E-state index contributed by atoms with van der Waals surface area (Å²) in [6.07, 6.45) is -2.58. The molecule has 1 amide bonds. The Kier molecular flexibility index (Phi) is 8.43. The van der Waals surface area contributed by atoms with E-state index in [4.69, 9.17) is 4.74 Å². The molecule has 1 aliphatic rings. The normalized spacial score (nSPS) is 14.4. The molecule has 1 fully saturated rings. The number of unbranched alkanes of at least 4 members (excludes halogenated alkanes) is 1. The summed E-state index contributed by atoms with van der Waals surface area (Å²) in [7, 11) is -3.50. The second kappa shape index (κ2) is 11.6. The maximum atomic E-state index is 14.0. The van der Waals surface area contributed by atoms with Gasteiger partial charge >= 0.3 is 12.3 Å². The zero-order chi connectivity index (χ0) is 28.2. The van der Waals surface area contributed by atoms with Crippen molar-refractivity contribution in [1.29, 1.82) is 0 Å². The first kappa shape index (κ1) is 28.3. The molecule has 1 saturated heterocycles. The Morgan fingerprint density at radius 1 is 0.949 bits per heavy atom. The molecule has 0 bridgehead atoms. The van der Waals surface area contributed by atoms with E-state index < -0.39 is 27.9 Å². The summed E-state index contributed by atoms with van der Waals surface area (Å²) in [4.78, 5) is 23.6. The van der Waals surface area contributed by atoms with Gasteiger partial charge < -0.3 is 14.5 Å². The molecule has 0 atom stereocenters. The molecule has 4 rings (SSSR count). The van der Waals surface area contributed by atoms with Crippen LogP contribution in [0.25, 0.3) is 22.4 Å². The number of benzene rings is 2. The number of sulfone groups is 1. The van der Waals surface area contributed by atoms with Gasteiger partial charge in [-0.2, -0.15) is 13.2 Å². The second-order valence-corrected chi connectivity index (χ2v) is 11.2. The fourth-order valence-electron chi connectivity index (χ4n) is 4.24. The van der Waals surface area contributed by atoms with Crippen molar-refractivity contribution in [2.45, 2.75) is 30.8 Å². The molecule has 2 aromatic carbocycles. The van der Waals surface area contributed by atoms with E-state index in [1.54, 1.807) is 35.2 Å². The van der Waals surface area contributed by atoms with Gasteiger partial charge in [0.2, 0.25) is 5.82 Å².